The van der Waals surface area contributed by atoms with Crippen LogP contribution in [-0.2, 0) is 0 Å². The molecular weight excluding hydrogens is 238 g/mol. The van der Waals surface area contributed by atoms with Crippen LogP contribution in [0.5, 0.6) is 0 Å². The van der Waals surface area contributed by atoms with Gasteiger partial charge in [-0.25, -0.2) is 0 Å². The van der Waals surface area contributed by atoms with Gasteiger partial charge < -0.3 is 4.90 Å². The van der Waals surface area contributed by atoms with Crippen molar-refractivity contribution in [3.05, 3.63) is 33.9 Å². The highest BCUT2D eigenvalue weighted by atomic mass is 32.2. The van der Waals surface area contributed by atoms with Gasteiger partial charge >= 0.3 is 0 Å². The smallest absolute Gasteiger partial charge is 0.293 e. The zero-order chi connectivity index (χ0) is 12.3. The summed E-state index contributed by atoms with van der Waals surface area (Å²) < 4.78 is 0. The van der Waals surface area contributed by atoms with Gasteiger partial charge in [0, 0.05) is 30.7 Å². The van der Waals surface area contributed by atoms with Crippen molar-refractivity contribution in [2.75, 3.05) is 29.5 Å². The molecule has 5 nitrogen and oxygen atoms in total. The molecule has 0 unspecified atom stereocenters. The minimum atomic E-state index is -0.419. The van der Waals surface area contributed by atoms with Crippen LogP contribution in [0.2, 0.25) is 0 Å². The lowest BCUT2D eigenvalue weighted by Gasteiger charge is -2.28. The van der Waals surface area contributed by atoms with E-state index >= 15 is 0 Å². The van der Waals surface area contributed by atoms with E-state index in [2.05, 4.69) is 0 Å². The fourth-order valence-electron chi connectivity index (χ4n) is 1.81. The van der Waals surface area contributed by atoms with E-state index in [4.69, 9.17) is 5.26 Å². The van der Waals surface area contributed by atoms with Crippen molar-refractivity contribution in [2.45, 2.75) is 0 Å². The highest BCUT2D eigenvalue weighted by Gasteiger charge is 2.21. The Morgan fingerprint density at radius 2 is 2.12 bits per heavy atom. The average molecular weight is 249 g/mol. The summed E-state index contributed by atoms with van der Waals surface area (Å²) in [5.74, 6) is 1.97. The van der Waals surface area contributed by atoms with Crippen molar-refractivity contribution in [1.82, 2.24) is 0 Å². The molecule has 1 fully saturated rings. The van der Waals surface area contributed by atoms with Crippen LogP contribution in [0.1, 0.15) is 5.56 Å². The van der Waals surface area contributed by atoms with Crippen molar-refractivity contribution in [3.8, 4) is 6.07 Å². The number of hydrogen-bond acceptors (Lipinski definition) is 5. The Hall–Kier alpha value is -1.74. The van der Waals surface area contributed by atoms with E-state index in [1.54, 1.807) is 12.1 Å². The van der Waals surface area contributed by atoms with E-state index in [-0.39, 0.29) is 5.69 Å². The fraction of sp³-hybridized carbons (Fsp3) is 0.364. The van der Waals surface area contributed by atoms with E-state index < -0.39 is 4.92 Å². The normalized spacial score (nSPS) is 15.4. The second-order valence-corrected chi connectivity index (χ2v) is 4.90. The lowest BCUT2D eigenvalue weighted by Crippen LogP contribution is -2.32. The second-order valence-electron chi connectivity index (χ2n) is 3.67. The lowest BCUT2D eigenvalue weighted by atomic mass is 10.1. The van der Waals surface area contributed by atoms with Gasteiger partial charge in [-0.1, -0.05) is 0 Å². The molecule has 1 aromatic rings. The van der Waals surface area contributed by atoms with Gasteiger partial charge in [-0.3, -0.25) is 10.1 Å². The summed E-state index contributed by atoms with van der Waals surface area (Å²) in [6.45, 7) is 1.63. The third-order valence-electron chi connectivity index (χ3n) is 2.65. The van der Waals surface area contributed by atoms with Crippen LogP contribution < -0.4 is 4.90 Å². The first-order valence-corrected chi connectivity index (χ1v) is 6.39. The first-order valence-electron chi connectivity index (χ1n) is 5.23. The largest absolute Gasteiger partial charge is 0.364 e. The number of nitro groups is 1. The van der Waals surface area contributed by atoms with Crippen LogP contribution in [0.15, 0.2) is 18.2 Å². The number of benzene rings is 1. The predicted molar refractivity (Wildman–Crippen MR) is 67.3 cm³/mol. The molecule has 0 aromatic heterocycles. The minimum Gasteiger partial charge on any atom is -0.364 e. The molecule has 1 aliphatic rings. The Balaban J connectivity index is 2.38. The first kappa shape index (κ1) is 11.7. The number of hydrogen-bond donors (Lipinski definition) is 0. The van der Waals surface area contributed by atoms with Crippen molar-refractivity contribution in [2.24, 2.45) is 0 Å². The molecule has 0 aliphatic carbocycles. The van der Waals surface area contributed by atoms with Crippen molar-refractivity contribution in [3.63, 3.8) is 0 Å². The summed E-state index contributed by atoms with van der Waals surface area (Å²) in [6, 6.07) is 6.57. The number of nitrogens with zero attached hydrogens (tertiary/aromatic N) is 3. The molecule has 0 atom stereocenters. The van der Waals surface area contributed by atoms with Crippen LogP contribution in [0.25, 0.3) is 0 Å². The van der Waals surface area contributed by atoms with Gasteiger partial charge in [0.15, 0.2) is 0 Å². The van der Waals surface area contributed by atoms with Gasteiger partial charge in [0.2, 0.25) is 0 Å². The molecule has 1 aliphatic heterocycles. The van der Waals surface area contributed by atoms with Gasteiger partial charge in [-0.2, -0.15) is 17.0 Å². The molecule has 17 heavy (non-hydrogen) atoms. The Morgan fingerprint density at radius 1 is 1.41 bits per heavy atom. The highest BCUT2D eigenvalue weighted by Crippen LogP contribution is 2.30. The SMILES string of the molecule is N#Cc1ccc(N2CCSCC2)c([N+](=O)[O-])c1. The van der Waals surface area contributed by atoms with Crippen LogP contribution in [0.4, 0.5) is 11.4 Å². The van der Waals surface area contributed by atoms with Crippen LogP contribution >= 0.6 is 11.8 Å². The Labute approximate surface area is 103 Å². The molecule has 0 amide bonds. The summed E-state index contributed by atoms with van der Waals surface area (Å²) in [6.07, 6.45) is 0. The average Bonchev–Trinajstić information content (AvgIpc) is 2.39. The third kappa shape index (κ3) is 2.50. The molecule has 1 heterocycles. The summed E-state index contributed by atoms with van der Waals surface area (Å²) in [5.41, 5.74) is 0.970. The highest BCUT2D eigenvalue weighted by molar-refractivity contribution is 7.99. The molecule has 2 rings (SSSR count). The number of anilines is 1. The minimum absolute atomic E-state index is 0.0240. The number of nitro benzene ring substituents is 1. The van der Waals surface area contributed by atoms with Crippen LogP contribution in [-0.4, -0.2) is 29.5 Å². The molecule has 0 radical (unpaired) electrons. The first-order chi connectivity index (χ1) is 8.22. The maximum absolute atomic E-state index is 11.0. The Morgan fingerprint density at radius 3 is 2.71 bits per heavy atom. The zero-order valence-electron chi connectivity index (χ0n) is 9.13. The number of nitriles is 1. The van der Waals surface area contributed by atoms with E-state index in [9.17, 15) is 10.1 Å². The molecule has 0 bridgehead atoms. The van der Waals surface area contributed by atoms with Crippen molar-refractivity contribution >= 4 is 23.1 Å². The molecule has 1 aromatic carbocycles. The van der Waals surface area contributed by atoms with Crippen LogP contribution in [0, 0.1) is 21.4 Å². The molecule has 0 N–H and O–H groups in total. The van der Waals surface area contributed by atoms with E-state index in [0.717, 1.165) is 24.6 Å². The van der Waals surface area contributed by atoms with Gasteiger partial charge in [0.1, 0.15) is 5.69 Å². The number of thioether (sulfide) groups is 1. The predicted octanol–water partition coefficient (Wildman–Crippen LogP) is 2.02. The van der Waals surface area contributed by atoms with E-state index in [1.165, 1.54) is 6.07 Å². The van der Waals surface area contributed by atoms with Crippen molar-refractivity contribution < 1.29 is 4.92 Å². The summed E-state index contributed by atoms with van der Waals surface area (Å²) in [7, 11) is 0. The molecule has 6 heteroatoms. The molecule has 0 saturated carbocycles. The third-order valence-corrected chi connectivity index (χ3v) is 3.60. The van der Waals surface area contributed by atoms with Gasteiger partial charge in [-0.05, 0) is 12.1 Å². The van der Waals surface area contributed by atoms with Crippen molar-refractivity contribution in [1.29, 1.82) is 5.26 Å². The van der Waals surface area contributed by atoms with Gasteiger partial charge in [-0.15, -0.1) is 0 Å². The van der Waals surface area contributed by atoms with E-state index in [0.29, 0.717) is 11.3 Å². The molecular formula is C11H11N3O2S. The van der Waals surface area contributed by atoms with Crippen LogP contribution in [0.3, 0.4) is 0 Å². The molecule has 0 spiro atoms. The summed E-state index contributed by atoms with van der Waals surface area (Å²) >= 11 is 1.85. The Kier molecular flexibility index (Phi) is 3.49. The molecule has 1 saturated heterocycles. The standard InChI is InChI=1S/C11H11N3O2S/c12-8-9-1-2-10(11(7-9)14(15)16)13-3-5-17-6-4-13/h1-2,7H,3-6H2. The maximum Gasteiger partial charge on any atom is 0.293 e. The second kappa shape index (κ2) is 5.06. The monoisotopic (exact) mass is 249 g/mol. The summed E-state index contributed by atoms with van der Waals surface area (Å²) in [5, 5.41) is 19.8. The van der Waals surface area contributed by atoms with E-state index in [1.807, 2.05) is 22.7 Å². The summed E-state index contributed by atoms with van der Waals surface area (Å²) in [4.78, 5) is 12.6. The van der Waals surface area contributed by atoms with Gasteiger partial charge in [0.25, 0.3) is 5.69 Å². The maximum atomic E-state index is 11.0. The quantitative estimate of drug-likeness (QED) is 0.592. The number of rotatable bonds is 2. The topological polar surface area (TPSA) is 70.2 Å². The zero-order valence-corrected chi connectivity index (χ0v) is 9.94. The lowest BCUT2D eigenvalue weighted by molar-refractivity contribution is -0.384. The molecule has 88 valence electrons. The van der Waals surface area contributed by atoms with Gasteiger partial charge in [0.05, 0.1) is 16.6 Å². The Bertz CT molecular complexity index is 478. The fourth-order valence-corrected chi connectivity index (χ4v) is 2.71.